The molecule has 1 saturated heterocycles. The number of aromatic nitrogens is 3. The zero-order valence-corrected chi connectivity index (χ0v) is 15.9. The van der Waals surface area contributed by atoms with Gasteiger partial charge in [-0.1, -0.05) is 11.3 Å². The minimum absolute atomic E-state index is 0.154. The molecule has 2 fully saturated rings. The van der Waals surface area contributed by atoms with E-state index in [0.29, 0.717) is 11.6 Å². The zero-order chi connectivity index (χ0) is 18.1. The number of ether oxygens (including phenoxy) is 1. The van der Waals surface area contributed by atoms with Gasteiger partial charge >= 0.3 is 5.97 Å². The summed E-state index contributed by atoms with van der Waals surface area (Å²) in [7, 11) is 1.80. The van der Waals surface area contributed by atoms with E-state index in [2.05, 4.69) is 25.8 Å². The van der Waals surface area contributed by atoms with Crippen LogP contribution in [0.25, 0.3) is 0 Å². The van der Waals surface area contributed by atoms with E-state index in [-0.39, 0.29) is 18.3 Å². The van der Waals surface area contributed by atoms with Crippen LogP contribution in [0.3, 0.4) is 0 Å². The highest BCUT2D eigenvalue weighted by molar-refractivity contribution is 7.15. The number of carbonyl (C=O) groups is 2. The third-order valence-corrected chi connectivity index (χ3v) is 6.63. The molecule has 0 radical (unpaired) electrons. The summed E-state index contributed by atoms with van der Waals surface area (Å²) in [6.45, 7) is 0. The molecule has 8 nitrogen and oxygen atoms in total. The first kappa shape index (κ1) is 17.3. The van der Waals surface area contributed by atoms with Gasteiger partial charge in [-0.3, -0.25) is 9.59 Å². The van der Waals surface area contributed by atoms with Crippen LogP contribution in [-0.4, -0.2) is 39.7 Å². The summed E-state index contributed by atoms with van der Waals surface area (Å²) in [5.41, 5.74) is 0.232. The molecule has 26 heavy (non-hydrogen) atoms. The van der Waals surface area contributed by atoms with E-state index in [1.165, 1.54) is 22.7 Å². The van der Waals surface area contributed by atoms with Crippen LogP contribution in [0.5, 0.6) is 0 Å². The third kappa shape index (κ3) is 3.30. The van der Waals surface area contributed by atoms with Crippen molar-refractivity contribution in [3.8, 4) is 0 Å². The minimum Gasteiger partial charge on any atom is -0.458 e. The molecule has 2 aromatic heterocycles. The van der Waals surface area contributed by atoms with E-state index in [9.17, 15) is 9.59 Å². The van der Waals surface area contributed by atoms with E-state index in [0.717, 1.165) is 41.5 Å². The summed E-state index contributed by atoms with van der Waals surface area (Å²) >= 11 is 2.85. The fourth-order valence-corrected chi connectivity index (χ4v) is 5.09. The molecule has 1 spiro atoms. The number of amides is 1. The fraction of sp³-hybridized carbons (Fsp3) is 0.562. The number of thiazole rings is 1. The lowest BCUT2D eigenvalue weighted by Crippen LogP contribution is -2.39. The maximum atomic E-state index is 12.7. The predicted octanol–water partition coefficient (Wildman–Crippen LogP) is 2.44. The number of carbonyl (C=O) groups excluding carboxylic acids is 2. The summed E-state index contributed by atoms with van der Waals surface area (Å²) in [5, 5.41) is 18.0. The van der Waals surface area contributed by atoms with E-state index >= 15 is 0 Å². The largest absolute Gasteiger partial charge is 0.458 e. The van der Waals surface area contributed by atoms with Crippen LogP contribution in [0.15, 0.2) is 5.38 Å². The second kappa shape index (κ2) is 6.92. The molecule has 2 aliphatic rings. The van der Waals surface area contributed by atoms with Gasteiger partial charge in [0, 0.05) is 18.8 Å². The Labute approximate surface area is 158 Å². The van der Waals surface area contributed by atoms with Crippen LogP contribution < -0.4 is 10.6 Å². The van der Waals surface area contributed by atoms with Crippen molar-refractivity contribution in [2.75, 3.05) is 17.7 Å². The van der Waals surface area contributed by atoms with Gasteiger partial charge in [0.15, 0.2) is 5.13 Å². The number of anilines is 2. The van der Waals surface area contributed by atoms with Crippen molar-refractivity contribution in [3.63, 3.8) is 0 Å². The third-order valence-electron chi connectivity index (χ3n) is 4.88. The van der Waals surface area contributed by atoms with Crippen molar-refractivity contribution in [2.24, 2.45) is 5.92 Å². The van der Waals surface area contributed by atoms with Crippen molar-refractivity contribution in [1.82, 2.24) is 15.2 Å². The molecule has 2 aromatic rings. The van der Waals surface area contributed by atoms with E-state index < -0.39 is 11.5 Å². The van der Waals surface area contributed by atoms with E-state index in [1.807, 2.05) is 5.38 Å². The van der Waals surface area contributed by atoms with Crippen molar-refractivity contribution < 1.29 is 14.3 Å². The van der Waals surface area contributed by atoms with Gasteiger partial charge in [-0.2, -0.15) is 0 Å². The maximum absolute atomic E-state index is 12.7. The number of nitrogens with one attached hydrogen (secondary N) is 2. The topological polar surface area (TPSA) is 106 Å². The van der Waals surface area contributed by atoms with Crippen molar-refractivity contribution in [1.29, 1.82) is 0 Å². The van der Waals surface area contributed by atoms with Crippen LogP contribution in [0.2, 0.25) is 0 Å². The molecular formula is C16H19N5O3S2. The molecule has 3 heterocycles. The SMILES string of the molecule is CNc1nnc(Cc2csc(NC(=O)C3CC(=O)OC34CCCC4)n2)s1. The molecule has 0 bridgehead atoms. The Morgan fingerprint density at radius 2 is 2.15 bits per heavy atom. The molecule has 1 atom stereocenters. The van der Waals surface area contributed by atoms with Crippen LogP contribution in [0, 0.1) is 5.92 Å². The van der Waals surface area contributed by atoms with Crippen molar-refractivity contribution >= 4 is 44.8 Å². The number of rotatable bonds is 5. The molecule has 138 valence electrons. The van der Waals surface area contributed by atoms with Crippen molar-refractivity contribution in [3.05, 3.63) is 16.1 Å². The summed E-state index contributed by atoms with van der Waals surface area (Å²) < 4.78 is 5.54. The first-order chi connectivity index (χ1) is 12.6. The Kier molecular flexibility index (Phi) is 4.62. The molecule has 1 unspecified atom stereocenters. The number of hydrogen-bond donors (Lipinski definition) is 2. The number of esters is 1. The Bertz CT molecular complexity index is 827. The highest BCUT2D eigenvalue weighted by Gasteiger charge is 2.54. The molecule has 10 heteroatoms. The van der Waals surface area contributed by atoms with Crippen molar-refractivity contribution in [2.45, 2.75) is 44.1 Å². The average Bonchev–Trinajstić information content (AvgIpc) is 3.38. The summed E-state index contributed by atoms with van der Waals surface area (Å²) in [5.74, 6) is -0.873. The lowest BCUT2D eigenvalue weighted by atomic mass is 9.85. The first-order valence-electron chi connectivity index (χ1n) is 8.55. The number of hydrogen-bond acceptors (Lipinski definition) is 9. The highest BCUT2D eigenvalue weighted by atomic mass is 32.1. The normalized spacial score (nSPS) is 21.1. The van der Waals surface area contributed by atoms with Crippen LogP contribution in [0.1, 0.15) is 42.8 Å². The van der Waals surface area contributed by atoms with Gasteiger partial charge in [-0.25, -0.2) is 4.98 Å². The fourth-order valence-electron chi connectivity index (χ4n) is 3.67. The molecule has 4 rings (SSSR count). The molecule has 2 N–H and O–H groups in total. The quantitative estimate of drug-likeness (QED) is 0.752. The number of nitrogens with zero attached hydrogens (tertiary/aromatic N) is 3. The van der Waals surface area contributed by atoms with Gasteiger partial charge in [0.25, 0.3) is 0 Å². The van der Waals surface area contributed by atoms with Gasteiger partial charge in [-0.15, -0.1) is 21.5 Å². The molecule has 1 aliphatic carbocycles. The standard InChI is InChI=1S/C16H19N5O3S2/c1-17-14-21-20-11(26-14)6-9-8-25-15(18-9)19-13(23)10-7-12(22)24-16(10)4-2-3-5-16/h8,10H,2-7H2,1H3,(H,17,21)(H,18,19,23). The summed E-state index contributed by atoms with van der Waals surface area (Å²) in [6, 6.07) is 0. The smallest absolute Gasteiger partial charge is 0.307 e. The van der Waals surface area contributed by atoms with E-state index in [1.54, 1.807) is 7.05 Å². The average molecular weight is 393 g/mol. The zero-order valence-electron chi connectivity index (χ0n) is 14.3. The summed E-state index contributed by atoms with van der Waals surface area (Å²) in [4.78, 5) is 29.0. The van der Waals surface area contributed by atoms with Gasteiger partial charge in [-0.05, 0) is 25.7 Å². The second-order valence-corrected chi connectivity index (χ2v) is 8.48. The Balaban J connectivity index is 1.42. The minimum atomic E-state index is -0.600. The second-order valence-electron chi connectivity index (χ2n) is 6.56. The Morgan fingerprint density at radius 3 is 2.88 bits per heavy atom. The van der Waals surface area contributed by atoms with Gasteiger partial charge in [0.2, 0.25) is 11.0 Å². The molecular weight excluding hydrogens is 374 g/mol. The molecule has 1 amide bonds. The predicted molar refractivity (Wildman–Crippen MR) is 98.4 cm³/mol. The molecule has 1 aliphatic heterocycles. The van der Waals surface area contributed by atoms with E-state index in [4.69, 9.17) is 4.74 Å². The summed E-state index contributed by atoms with van der Waals surface area (Å²) in [6.07, 6.45) is 4.25. The molecule has 1 saturated carbocycles. The highest BCUT2D eigenvalue weighted by Crippen LogP contribution is 2.46. The van der Waals surface area contributed by atoms with Gasteiger partial charge in [0.1, 0.15) is 10.6 Å². The lowest BCUT2D eigenvalue weighted by Gasteiger charge is -2.27. The van der Waals surface area contributed by atoms with Gasteiger partial charge in [0.05, 0.1) is 18.0 Å². The van der Waals surface area contributed by atoms with Crippen LogP contribution >= 0.6 is 22.7 Å². The van der Waals surface area contributed by atoms with Crippen LogP contribution in [0.4, 0.5) is 10.3 Å². The van der Waals surface area contributed by atoms with Crippen LogP contribution in [-0.2, 0) is 20.7 Å². The Hall–Kier alpha value is -2.07. The Morgan fingerprint density at radius 1 is 1.35 bits per heavy atom. The first-order valence-corrected chi connectivity index (χ1v) is 10.2. The molecule has 0 aromatic carbocycles. The monoisotopic (exact) mass is 393 g/mol. The lowest BCUT2D eigenvalue weighted by molar-refractivity contribution is -0.149. The maximum Gasteiger partial charge on any atom is 0.307 e. The van der Waals surface area contributed by atoms with Gasteiger partial charge < -0.3 is 15.4 Å².